The van der Waals surface area contributed by atoms with Crippen LogP contribution in [0.5, 0.6) is 0 Å². The van der Waals surface area contributed by atoms with E-state index < -0.39 is 0 Å². The van der Waals surface area contributed by atoms with Gasteiger partial charge in [0, 0.05) is 35.7 Å². The molecule has 0 unspecified atom stereocenters. The minimum absolute atomic E-state index is 0.0302. The fourth-order valence-electron chi connectivity index (χ4n) is 4.33. The molecule has 3 rings (SSSR count). The zero-order valence-corrected chi connectivity index (χ0v) is 20.7. The number of amides is 2. The summed E-state index contributed by atoms with van der Waals surface area (Å²) in [5, 5.41) is 8.63. The summed E-state index contributed by atoms with van der Waals surface area (Å²) < 4.78 is 1.02. The van der Waals surface area contributed by atoms with Crippen molar-refractivity contribution < 1.29 is 9.59 Å². The Bertz CT molecular complexity index is 931. The van der Waals surface area contributed by atoms with Crippen LogP contribution in [0, 0.1) is 5.92 Å². The maximum atomic E-state index is 13.1. The second kappa shape index (κ2) is 11.8. The molecular formula is C25H35BrN4O2. The number of nitrogens with zero attached hydrogens (tertiary/aromatic N) is 1. The zero-order valence-electron chi connectivity index (χ0n) is 19.1. The number of benzene rings is 2. The molecule has 0 bridgehead atoms. The molecule has 2 atom stereocenters. The van der Waals surface area contributed by atoms with E-state index in [9.17, 15) is 9.59 Å². The van der Waals surface area contributed by atoms with E-state index in [0.717, 1.165) is 41.1 Å². The van der Waals surface area contributed by atoms with E-state index in [1.165, 1.54) is 0 Å². The number of hydrogen-bond donors (Lipinski definition) is 3. The van der Waals surface area contributed by atoms with Crippen molar-refractivity contribution in [2.24, 2.45) is 11.7 Å². The van der Waals surface area contributed by atoms with Crippen molar-refractivity contribution in [2.45, 2.75) is 51.6 Å². The molecule has 2 aromatic carbocycles. The number of hydrogen-bond acceptors (Lipinski definition) is 4. The summed E-state index contributed by atoms with van der Waals surface area (Å²) >= 11 is 3.48. The predicted molar refractivity (Wildman–Crippen MR) is 134 cm³/mol. The molecule has 1 fully saturated rings. The van der Waals surface area contributed by atoms with Crippen LogP contribution in [-0.4, -0.2) is 55.0 Å². The highest BCUT2D eigenvalue weighted by Crippen LogP contribution is 2.21. The summed E-state index contributed by atoms with van der Waals surface area (Å²) in [7, 11) is 0. The molecule has 4 N–H and O–H groups in total. The molecule has 6 nitrogen and oxygen atoms in total. The summed E-state index contributed by atoms with van der Waals surface area (Å²) in [5.41, 5.74) is 6.42. The standard InChI is InChI=1S/C25H35BrN4O2/c1-3-17(4-2)16-30-12-10-22(29-23(9-11-27)25(30)32)15-28-24(31)20-6-5-19-14-21(26)8-7-18(19)13-20/h5-8,13-14,17,22-23,29H,3-4,9-12,15-16,27H2,1-2H3,(H,28,31)/t22-,23-/m0/s1. The highest BCUT2D eigenvalue weighted by Gasteiger charge is 2.31. The fraction of sp³-hybridized carbons (Fsp3) is 0.520. The molecule has 0 spiro atoms. The molecule has 2 aromatic rings. The summed E-state index contributed by atoms with van der Waals surface area (Å²) in [4.78, 5) is 27.9. The van der Waals surface area contributed by atoms with Crippen molar-refractivity contribution in [3.05, 3.63) is 46.4 Å². The van der Waals surface area contributed by atoms with E-state index in [1.807, 2.05) is 41.3 Å². The molecule has 32 heavy (non-hydrogen) atoms. The molecule has 1 saturated heterocycles. The Morgan fingerprint density at radius 2 is 1.94 bits per heavy atom. The van der Waals surface area contributed by atoms with Crippen molar-refractivity contribution in [2.75, 3.05) is 26.2 Å². The number of nitrogens with two attached hydrogens (primary N) is 1. The van der Waals surface area contributed by atoms with E-state index in [1.54, 1.807) is 0 Å². The highest BCUT2D eigenvalue weighted by atomic mass is 79.9. The third-order valence-corrected chi connectivity index (χ3v) is 6.95. The normalized spacial score (nSPS) is 19.4. The summed E-state index contributed by atoms with van der Waals surface area (Å²) in [5.74, 6) is 0.551. The van der Waals surface area contributed by atoms with Gasteiger partial charge in [-0.2, -0.15) is 0 Å². The smallest absolute Gasteiger partial charge is 0.251 e. The van der Waals surface area contributed by atoms with Crippen LogP contribution in [0.2, 0.25) is 0 Å². The SMILES string of the molecule is CCC(CC)CN1CC[C@@H](CNC(=O)c2ccc3cc(Br)ccc3c2)N[C@@H](CCN)C1=O. The van der Waals surface area contributed by atoms with Gasteiger partial charge in [0.15, 0.2) is 0 Å². The monoisotopic (exact) mass is 502 g/mol. The molecule has 0 aromatic heterocycles. The van der Waals surface area contributed by atoms with E-state index >= 15 is 0 Å². The van der Waals surface area contributed by atoms with Crippen molar-refractivity contribution in [1.82, 2.24) is 15.5 Å². The summed E-state index contributed by atoms with van der Waals surface area (Å²) in [6.07, 6.45) is 3.54. The Kier molecular flexibility index (Phi) is 9.08. The first-order valence-corrected chi connectivity index (χ1v) is 12.5. The van der Waals surface area contributed by atoms with Crippen molar-refractivity contribution in [3.8, 4) is 0 Å². The Hall–Kier alpha value is -1.96. The topological polar surface area (TPSA) is 87.5 Å². The van der Waals surface area contributed by atoms with Crippen molar-refractivity contribution in [3.63, 3.8) is 0 Å². The largest absolute Gasteiger partial charge is 0.350 e. The van der Waals surface area contributed by atoms with Crippen LogP contribution in [0.25, 0.3) is 10.8 Å². The van der Waals surface area contributed by atoms with Gasteiger partial charge in [0.1, 0.15) is 0 Å². The molecule has 2 amide bonds. The highest BCUT2D eigenvalue weighted by molar-refractivity contribution is 9.10. The predicted octanol–water partition coefficient (Wildman–Crippen LogP) is 3.68. The molecule has 1 aliphatic rings. The number of halogens is 1. The maximum absolute atomic E-state index is 13.1. The van der Waals surface area contributed by atoms with Gasteiger partial charge < -0.3 is 21.3 Å². The lowest BCUT2D eigenvalue weighted by molar-refractivity contribution is -0.133. The minimum Gasteiger partial charge on any atom is -0.350 e. The molecule has 7 heteroatoms. The van der Waals surface area contributed by atoms with Crippen LogP contribution in [0.4, 0.5) is 0 Å². The van der Waals surface area contributed by atoms with Crippen LogP contribution in [0.1, 0.15) is 49.9 Å². The first-order valence-electron chi connectivity index (χ1n) is 11.7. The van der Waals surface area contributed by atoms with Crippen LogP contribution < -0.4 is 16.4 Å². The molecule has 0 aliphatic carbocycles. The number of carbonyl (C=O) groups is 2. The minimum atomic E-state index is -0.294. The molecule has 1 aliphatic heterocycles. The second-order valence-electron chi connectivity index (χ2n) is 8.67. The lowest BCUT2D eigenvalue weighted by Crippen LogP contribution is -2.50. The van der Waals surface area contributed by atoms with Gasteiger partial charge in [-0.1, -0.05) is 54.8 Å². The Balaban J connectivity index is 1.64. The molecule has 0 radical (unpaired) electrons. The van der Waals surface area contributed by atoms with Gasteiger partial charge in [-0.3, -0.25) is 9.59 Å². The lowest BCUT2D eigenvalue weighted by atomic mass is 10.0. The van der Waals surface area contributed by atoms with Gasteiger partial charge >= 0.3 is 0 Å². The lowest BCUT2D eigenvalue weighted by Gasteiger charge is -2.27. The first-order chi connectivity index (χ1) is 15.4. The van der Waals surface area contributed by atoms with Gasteiger partial charge in [-0.25, -0.2) is 0 Å². The van der Waals surface area contributed by atoms with E-state index in [0.29, 0.717) is 37.5 Å². The Morgan fingerprint density at radius 1 is 1.22 bits per heavy atom. The number of rotatable bonds is 9. The van der Waals surface area contributed by atoms with Gasteiger partial charge in [-0.15, -0.1) is 0 Å². The molecular weight excluding hydrogens is 468 g/mol. The van der Waals surface area contributed by atoms with E-state index in [4.69, 9.17) is 5.73 Å². The third kappa shape index (κ3) is 6.30. The van der Waals surface area contributed by atoms with Crippen LogP contribution in [0.15, 0.2) is 40.9 Å². The van der Waals surface area contributed by atoms with Gasteiger partial charge in [-0.05, 0) is 60.3 Å². The number of nitrogens with one attached hydrogen (secondary N) is 2. The first kappa shape index (κ1) is 24.7. The summed E-state index contributed by atoms with van der Waals surface area (Å²) in [6.45, 7) is 6.78. The fourth-order valence-corrected chi connectivity index (χ4v) is 4.71. The Labute approximate surface area is 199 Å². The number of fused-ring (bicyclic) bond motifs is 1. The van der Waals surface area contributed by atoms with Crippen molar-refractivity contribution >= 4 is 38.5 Å². The zero-order chi connectivity index (χ0) is 23.1. The van der Waals surface area contributed by atoms with E-state index in [2.05, 4.69) is 40.4 Å². The summed E-state index contributed by atoms with van der Waals surface area (Å²) in [6, 6.07) is 11.5. The van der Waals surface area contributed by atoms with Gasteiger partial charge in [0.05, 0.1) is 6.04 Å². The van der Waals surface area contributed by atoms with Crippen LogP contribution >= 0.6 is 15.9 Å². The van der Waals surface area contributed by atoms with Crippen molar-refractivity contribution in [1.29, 1.82) is 0 Å². The average molecular weight is 503 g/mol. The quantitative estimate of drug-likeness (QED) is 0.487. The second-order valence-corrected chi connectivity index (χ2v) is 9.58. The van der Waals surface area contributed by atoms with Crippen LogP contribution in [0.3, 0.4) is 0 Å². The number of carbonyl (C=O) groups excluding carboxylic acids is 2. The van der Waals surface area contributed by atoms with Gasteiger partial charge in [0.2, 0.25) is 5.91 Å². The van der Waals surface area contributed by atoms with E-state index in [-0.39, 0.29) is 23.9 Å². The Morgan fingerprint density at radius 3 is 2.66 bits per heavy atom. The third-order valence-electron chi connectivity index (χ3n) is 6.46. The van der Waals surface area contributed by atoms with Gasteiger partial charge in [0.25, 0.3) is 5.91 Å². The average Bonchev–Trinajstić information content (AvgIpc) is 2.94. The molecule has 174 valence electrons. The van der Waals surface area contributed by atoms with Crippen LogP contribution in [-0.2, 0) is 4.79 Å². The maximum Gasteiger partial charge on any atom is 0.251 e. The molecule has 0 saturated carbocycles. The molecule has 1 heterocycles.